The normalized spacial score (nSPS) is 14.5. The molecular formula is C26H33N7O2. The molecule has 0 spiro atoms. The molecule has 0 saturated carbocycles. The summed E-state index contributed by atoms with van der Waals surface area (Å²) in [6.45, 7) is 5.71. The molecule has 0 bridgehead atoms. The van der Waals surface area contributed by atoms with E-state index in [1.165, 1.54) is 5.56 Å². The fraction of sp³-hybridized carbons (Fsp3) is 0.346. The van der Waals surface area contributed by atoms with Gasteiger partial charge in [0.1, 0.15) is 11.6 Å². The Morgan fingerprint density at radius 2 is 1.80 bits per heavy atom. The summed E-state index contributed by atoms with van der Waals surface area (Å²) in [5.41, 5.74) is 9.79. The van der Waals surface area contributed by atoms with Crippen molar-refractivity contribution in [3.05, 3.63) is 66.5 Å². The smallest absolute Gasteiger partial charge is 0.317 e. The second-order valence-electron chi connectivity index (χ2n) is 8.70. The summed E-state index contributed by atoms with van der Waals surface area (Å²) in [7, 11) is 0. The highest BCUT2D eigenvalue weighted by Crippen LogP contribution is 2.24. The number of carbonyl (C=O) groups is 1. The molecule has 3 aromatic rings. The third-order valence-electron chi connectivity index (χ3n) is 5.97. The first-order valence-electron chi connectivity index (χ1n) is 12.0. The van der Waals surface area contributed by atoms with Gasteiger partial charge in [-0.25, -0.2) is 9.97 Å². The van der Waals surface area contributed by atoms with Crippen molar-refractivity contribution < 1.29 is 9.90 Å². The summed E-state index contributed by atoms with van der Waals surface area (Å²) in [6, 6.07) is 16.4. The Hall–Kier alpha value is -3.53. The van der Waals surface area contributed by atoms with Gasteiger partial charge in [0.15, 0.2) is 0 Å². The second-order valence-corrected chi connectivity index (χ2v) is 8.70. The zero-order valence-corrected chi connectivity index (χ0v) is 19.9. The highest BCUT2D eigenvalue weighted by Gasteiger charge is 2.18. The van der Waals surface area contributed by atoms with Gasteiger partial charge in [0.25, 0.3) is 0 Å². The van der Waals surface area contributed by atoms with Crippen LogP contribution in [0.15, 0.2) is 60.9 Å². The monoisotopic (exact) mass is 475 g/mol. The van der Waals surface area contributed by atoms with Gasteiger partial charge in [0.2, 0.25) is 0 Å². The molecule has 0 aliphatic carbocycles. The Morgan fingerprint density at radius 3 is 2.54 bits per heavy atom. The van der Waals surface area contributed by atoms with Crippen molar-refractivity contribution in [2.75, 3.05) is 56.4 Å². The first kappa shape index (κ1) is 24.6. The lowest BCUT2D eigenvalue weighted by Gasteiger charge is -2.33. The van der Waals surface area contributed by atoms with Gasteiger partial charge in [-0.3, -0.25) is 14.6 Å². The maximum Gasteiger partial charge on any atom is 0.317 e. The van der Waals surface area contributed by atoms with Crippen LogP contribution in [0, 0.1) is 0 Å². The minimum Gasteiger partial charge on any atom is -0.480 e. The average Bonchev–Trinajstić information content (AvgIpc) is 2.86. The molecule has 184 valence electrons. The van der Waals surface area contributed by atoms with E-state index >= 15 is 0 Å². The highest BCUT2D eigenvalue weighted by molar-refractivity contribution is 5.69. The van der Waals surface area contributed by atoms with Gasteiger partial charge < -0.3 is 21.5 Å². The molecule has 1 aliphatic heterocycles. The van der Waals surface area contributed by atoms with E-state index in [0.29, 0.717) is 6.54 Å². The first-order chi connectivity index (χ1) is 17.1. The Kier molecular flexibility index (Phi) is 8.61. The number of nitrogens with zero attached hydrogens (tertiary/aromatic N) is 4. The van der Waals surface area contributed by atoms with Gasteiger partial charge in [0.05, 0.1) is 6.54 Å². The summed E-state index contributed by atoms with van der Waals surface area (Å²) in [5, 5.41) is 15.7. The maximum atomic E-state index is 10.9. The summed E-state index contributed by atoms with van der Waals surface area (Å²) < 4.78 is 0. The third-order valence-corrected chi connectivity index (χ3v) is 5.97. The molecule has 2 aromatic heterocycles. The lowest BCUT2D eigenvalue weighted by atomic mass is 10.1. The number of nitrogens with one attached hydrogen (secondary N) is 2. The molecular weight excluding hydrogens is 442 g/mol. The molecule has 4 rings (SSSR count). The van der Waals surface area contributed by atoms with E-state index in [1.54, 1.807) is 6.20 Å². The summed E-state index contributed by atoms with van der Waals surface area (Å²) >= 11 is 0. The van der Waals surface area contributed by atoms with Gasteiger partial charge in [-0.15, -0.1) is 0 Å². The van der Waals surface area contributed by atoms with Gasteiger partial charge in [-0.1, -0.05) is 12.1 Å². The summed E-state index contributed by atoms with van der Waals surface area (Å²) in [6.07, 6.45) is 4.57. The van der Waals surface area contributed by atoms with E-state index in [1.807, 2.05) is 47.5 Å². The van der Waals surface area contributed by atoms with Gasteiger partial charge in [-0.05, 0) is 60.5 Å². The molecule has 1 aliphatic rings. The highest BCUT2D eigenvalue weighted by atomic mass is 16.4. The minimum atomic E-state index is -0.765. The van der Waals surface area contributed by atoms with E-state index in [0.717, 1.165) is 74.1 Å². The number of aliphatic carboxylic acids is 1. The first-order valence-corrected chi connectivity index (χ1v) is 12.0. The topological polar surface area (TPSA) is 120 Å². The molecule has 1 saturated heterocycles. The van der Waals surface area contributed by atoms with Crippen molar-refractivity contribution in [2.24, 2.45) is 5.73 Å². The Bertz CT molecular complexity index is 1100. The van der Waals surface area contributed by atoms with Crippen molar-refractivity contribution in [3.63, 3.8) is 0 Å². The zero-order chi connectivity index (χ0) is 24.5. The predicted octanol–water partition coefficient (Wildman–Crippen LogP) is 2.85. The quantitative estimate of drug-likeness (QED) is 0.310. The van der Waals surface area contributed by atoms with Crippen LogP contribution in [0.25, 0.3) is 11.1 Å². The lowest BCUT2D eigenvalue weighted by molar-refractivity contribution is -0.138. The molecule has 3 heterocycles. The van der Waals surface area contributed by atoms with E-state index in [-0.39, 0.29) is 6.54 Å². The van der Waals surface area contributed by atoms with Crippen LogP contribution in [-0.2, 0) is 11.3 Å². The van der Waals surface area contributed by atoms with Crippen molar-refractivity contribution in [3.8, 4) is 11.1 Å². The van der Waals surface area contributed by atoms with Crippen molar-refractivity contribution >= 4 is 23.3 Å². The molecule has 0 amide bonds. The SMILES string of the molecule is NCCCNc1ccc(-c2ccnc(Nc3cccc(CN4CCN(CC(=O)O)CC4)c3)c2)cn1. The van der Waals surface area contributed by atoms with Crippen molar-refractivity contribution in [1.82, 2.24) is 19.8 Å². The van der Waals surface area contributed by atoms with Crippen molar-refractivity contribution in [2.45, 2.75) is 13.0 Å². The van der Waals surface area contributed by atoms with Crippen LogP contribution < -0.4 is 16.4 Å². The summed E-state index contributed by atoms with van der Waals surface area (Å²) in [4.78, 5) is 24.2. The number of hydrogen-bond donors (Lipinski definition) is 4. The number of rotatable bonds is 11. The molecule has 9 heteroatoms. The van der Waals surface area contributed by atoms with Crippen LogP contribution in [0.5, 0.6) is 0 Å². The Morgan fingerprint density at radius 1 is 0.971 bits per heavy atom. The minimum absolute atomic E-state index is 0.116. The molecule has 0 atom stereocenters. The number of benzene rings is 1. The van der Waals surface area contributed by atoms with Gasteiger partial charge >= 0.3 is 5.97 Å². The fourth-order valence-corrected chi connectivity index (χ4v) is 4.12. The third kappa shape index (κ3) is 7.48. The Balaban J connectivity index is 1.35. The van der Waals surface area contributed by atoms with E-state index in [2.05, 4.69) is 37.6 Å². The number of carboxylic acids is 1. The number of aromatic nitrogens is 2. The fourth-order valence-electron chi connectivity index (χ4n) is 4.12. The number of hydrogen-bond acceptors (Lipinski definition) is 8. The molecule has 1 fully saturated rings. The van der Waals surface area contributed by atoms with Crippen LogP contribution >= 0.6 is 0 Å². The maximum absolute atomic E-state index is 10.9. The van der Waals surface area contributed by atoms with Crippen LogP contribution in [-0.4, -0.2) is 76.7 Å². The molecule has 35 heavy (non-hydrogen) atoms. The standard InChI is InChI=1S/C26H33N7O2/c27-8-2-9-28-24-6-5-22(17-30-24)21-7-10-29-25(16-21)31-23-4-1-3-20(15-23)18-32-11-13-33(14-12-32)19-26(34)35/h1,3-7,10,15-17H,2,8-9,11-14,18-19,27H2,(H,28,30)(H,29,31)(H,34,35). The van der Waals surface area contributed by atoms with Crippen LogP contribution in [0.3, 0.4) is 0 Å². The average molecular weight is 476 g/mol. The van der Waals surface area contributed by atoms with Crippen LogP contribution in [0.1, 0.15) is 12.0 Å². The van der Waals surface area contributed by atoms with Crippen LogP contribution in [0.4, 0.5) is 17.3 Å². The predicted molar refractivity (Wildman–Crippen MR) is 139 cm³/mol. The van der Waals surface area contributed by atoms with Crippen LogP contribution in [0.2, 0.25) is 0 Å². The lowest BCUT2D eigenvalue weighted by Crippen LogP contribution is -2.47. The number of piperazine rings is 1. The molecule has 0 radical (unpaired) electrons. The molecule has 0 unspecified atom stereocenters. The zero-order valence-electron chi connectivity index (χ0n) is 19.9. The number of anilines is 3. The van der Waals surface area contributed by atoms with Crippen molar-refractivity contribution in [1.29, 1.82) is 0 Å². The number of pyridine rings is 2. The number of nitrogens with two attached hydrogens (primary N) is 1. The van der Waals surface area contributed by atoms with Gasteiger partial charge in [-0.2, -0.15) is 0 Å². The molecule has 1 aromatic carbocycles. The molecule has 9 nitrogen and oxygen atoms in total. The Labute approximate surface area is 206 Å². The van der Waals surface area contributed by atoms with E-state index in [9.17, 15) is 4.79 Å². The second kappa shape index (κ2) is 12.3. The number of carboxylic acid groups (broad SMARTS) is 1. The van der Waals surface area contributed by atoms with E-state index < -0.39 is 5.97 Å². The largest absolute Gasteiger partial charge is 0.480 e. The van der Waals surface area contributed by atoms with E-state index in [4.69, 9.17) is 10.8 Å². The molecule has 5 N–H and O–H groups in total. The van der Waals surface area contributed by atoms with Gasteiger partial charge in [0, 0.05) is 62.9 Å². The summed E-state index contributed by atoms with van der Waals surface area (Å²) in [5.74, 6) is 0.848.